The molecule has 1 aromatic carbocycles. The molecule has 0 aliphatic heterocycles. The van der Waals surface area contributed by atoms with E-state index >= 15 is 0 Å². The number of ether oxygens (including phenoxy) is 1. The second-order valence-corrected chi connectivity index (χ2v) is 8.30. The highest BCUT2D eigenvalue weighted by molar-refractivity contribution is 6.11. The Hall–Kier alpha value is -4.21. The zero-order valence-electron chi connectivity index (χ0n) is 18.5. The van der Waals surface area contributed by atoms with Crippen LogP contribution in [-0.4, -0.2) is 43.3 Å². The summed E-state index contributed by atoms with van der Waals surface area (Å²) >= 11 is 0. The minimum absolute atomic E-state index is 0.219. The number of para-hydroxylation sites is 1. The van der Waals surface area contributed by atoms with Crippen LogP contribution in [0.5, 0.6) is 5.75 Å². The molecule has 2 amide bonds. The number of benzene rings is 1. The number of anilines is 2. The first kappa shape index (κ1) is 21.6. The van der Waals surface area contributed by atoms with Gasteiger partial charge in [0.15, 0.2) is 0 Å². The molecule has 1 aliphatic carbocycles. The lowest BCUT2D eigenvalue weighted by Crippen LogP contribution is -2.15. The summed E-state index contributed by atoms with van der Waals surface area (Å²) in [6.45, 7) is 0.659. The van der Waals surface area contributed by atoms with Crippen LogP contribution in [-0.2, 0) is 0 Å². The monoisotopic (exact) mass is 459 g/mol. The van der Waals surface area contributed by atoms with Gasteiger partial charge in [-0.05, 0) is 36.6 Å². The summed E-state index contributed by atoms with van der Waals surface area (Å²) < 4.78 is 5.78. The molecule has 3 aromatic heterocycles. The van der Waals surface area contributed by atoms with Gasteiger partial charge in [0.05, 0.1) is 23.9 Å². The van der Waals surface area contributed by atoms with E-state index in [1.165, 1.54) is 25.7 Å². The van der Waals surface area contributed by atoms with Crippen LogP contribution in [0, 0.1) is 5.92 Å². The molecule has 1 aliphatic rings. The fourth-order valence-corrected chi connectivity index (χ4v) is 4.20. The predicted molar refractivity (Wildman–Crippen MR) is 127 cm³/mol. The third kappa shape index (κ3) is 4.90. The van der Waals surface area contributed by atoms with Gasteiger partial charge in [0, 0.05) is 12.4 Å². The number of hydrogen-bond donors (Lipinski definition) is 4. The first-order valence-electron chi connectivity index (χ1n) is 11.4. The number of aromatic amines is 2. The van der Waals surface area contributed by atoms with Crippen LogP contribution in [0.3, 0.4) is 0 Å². The van der Waals surface area contributed by atoms with Crippen LogP contribution in [0.4, 0.5) is 11.9 Å². The predicted octanol–water partition coefficient (Wildman–Crippen LogP) is 4.14. The van der Waals surface area contributed by atoms with Gasteiger partial charge in [0.2, 0.25) is 11.9 Å². The van der Waals surface area contributed by atoms with Crippen molar-refractivity contribution in [3.05, 3.63) is 60.2 Å². The second kappa shape index (κ2) is 9.74. The van der Waals surface area contributed by atoms with E-state index in [1.54, 1.807) is 48.9 Å². The van der Waals surface area contributed by atoms with E-state index in [0.29, 0.717) is 34.9 Å². The van der Waals surface area contributed by atoms with E-state index in [9.17, 15) is 9.59 Å². The Labute approximate surface area is 195 Å². The van der Waals surface area contributed by atoms with Gasteiger partial charge in [-0.1, -0.05) is 31.7 Å². The van der Waals surface area contributed by atoms with Crippen molar-refractivity contribution in [3.8, 4) is 5.75 Å². The van der Waals surface area contributed by atoms with Crippen LogP contribution in [0.2, 0.25) is 0 Å². The van der Waals surface area contributed by atoms with Gasteiger partial charge in [0.1, 0.15) is 17.0 Å². The Morgan fingerprint density at radius 3 is 2.65 bits per heavy atom. The molecule has 0 spiro atoms. The largest absolute Gasteiger partial charge is 0.492 e. The fourth-order valence-electron chi connectivity index (χ4n) is 4.20. The third-order valence-corrected chi connectivity index (χ3v) is 5.96. The maximum atomic E-state index is 12.7. The third-order valence-electron chi connectivity index (χ3n) is 5.96. The molecule has 1 fully saturated rings. The number of carbonyl (C=O) groups excluding carboxylic acids is 2. The zero-order chi connectivity index (χ0) is 23.3. The van der Waals surface area contributed by atoms with Crippen LogP contribution < -0.4 is 15.4 Å². The summed E-state index contributed by atoms with van der Waals surface area (Å²) in [5, 5.41) is 5.37. The molecule has 0 radical (unpaired) electrons. The highest BCUT2D eigenvalue weighted by Gasteiger charge is 2.17. The molecule has 5 rings (SSSR count). The van der Waals surface area contributed by atoms with E-state index in [2.05, 4.69) is 35.6 Å². The average Bonchev–Trinajstić information content (AvgIpc) is 3.61. The van der Waals surface area contributed by atoms with Gasteiger partial charge in [0.25, 0.3) is 11.8 Å². The molecular weight excluding hydrogens is 434 g/mol. The van der Waals surface area contributed by atoms with Crippen molar-refractivity contribution in [2.75, 3.05) is 17.2 Å². The minimum atomic E-state index is -0.418. The van der Waals surface area contributed by atoms with Crippen molar-refractivity contribution in [1.82, 2.24) is 24.9 Å². The molecule has 10 heteroatoms. The fraction of sp³-hybridized carbons (Fsp3) is 0.292. The Balaban J connectivity index is 1.22. The lowest BCUT2D eigenvalue weighted by Gasteiger charge is -2.10. The maximum Gasteiger partial charge on any atom is 0.276 e. The van der Waals surface area contributed by atoms with Gasteiger partial charge < -0.3 is 14.7 Å². The van der Waals surface area contributed by atoms with Gasteiger partial charge in [-0.3, -0.25) is 20.2 Å². The summed E-state index contributed by atoms with van der Waals surface area (Å²) in [5.41, 5.74) is 1.63. The molecule has 1 saturated carbocycles. The molecule has 0 saturated heterocycles. The van der Waals surface area contributed by atoms with E-state index in [0.717, 1.165) is 12.3 Å². The SMILES string of the molecule is O=C(Nc1nc2c(C(=O)Nc3ncc[nH]3)cccc2[nH]1)c1ccc(OCCC2CCCC2)cn1. The molecule has 34 heavy (non-hydrogen) atoms. The average molecular weight is 460 g/mol. The maximum absolute atomic E-state index is 12.7. The number of H-pyrrole nitrogens is 2. The highest BCUT2D eigenvalue weighted by Crippen LogP contribution is 2.27. The first-order chi connectivity index (χ1) is 16.7. The Morgan fingerprint density at radius 1 is 1.03 bits per heavy atom. The molecule has 3 heterocycles. The van der Waals surface area contributed by atoms with E-state index in [1.807, 2.05) is 0 Å². The molecule has 0 unspecified atom stereocenters. The van der Waals surface area contributed by atoms with Crippen LogP contribution in [0.1, 0.15) is 53.0 Å². The van der Waals surface area contributed by atoms with Gasteiger partial charge in [-0.25, -0.2) is 15.0 Å². The van der Waals surface area contributed by atoms with Gasteiger partial charge in [-0.2, -0.15) is 0 Å². The molecule has 10 nitrogen and oxygen atoms in total. The minimum Gasteiger partial charge on any atom is -0.492 e. The number of carbonyl (C=O) groups is 2. The highest BCUT2D eigenvalue weighted by atomic mass is 16.5. The summed E-state index contributed by atoms with van der Waals surface area (Å²) in [5.74, 6) is 1.18. The zero-order valence-corrected chi connectivity index (χ0v) is 18.5. The Morgan fingerprint density at radius 2 is 1.88 bits per heavy atom. The lowest BCUT2D eigenvalue weighted by molar-refractivity contribution is 0.101. The number of imidazole rings is 2. The number of aromatic nitrogens is 5. The quantitative estimate of drug-likeness (QED) is 0.312. The first-order valence-corrected chi connectivity index (χ1v) is 11.4. The topological polar surface area (TPSA) is 138 Å². The second-order valence-electron chi connectivity index (χ2n) is 8.30. The summed E-state index contributed by atoms with van der Waals surface area (Å²) in [6, 6.07) is 8.52. The molecular formula is C24H25N7O3. The van der Waals surface area contributed by atoms with Crippen LogP contribution in [0.25, 0.3) is 11.0 Å². The number of pyridine rings is 1. The normalized spacial score (nSPS) is 13.8. The smallest absolute Gasteiger partial charge is 0.276 e. The van der Waals surface area contributed by atoms with Crippen molar-refractivity contribution < 1.29 is 14.3 Å². The molecule has 174 valence electrons. The molecule has 4 N–H and O–H groups in total. The van der Waals surface area contributed by atoms with Gasteiger partial charge >= 0.3 is 0 Å². The lowest BCUT2D eigenvalue weighted by atomic mass is 10.1. The molecule has 0 bridgehead atoms. The number of nitrogens with zero attached hydrogens (tertiary/aromatic N) is 3. The molecule has 0 atom stereocenters. The van der Waals surface area contributed by atoms with Crippen molar-refractivity contribution >= 4 is 34.7 Å². The van der Waals surface area contributed by atoms with Crippen molar-refractivity contribution in [1.29, 1.82) is 0 Å². The Kier molecular flexibility index (Phi) is 6.19. The van der Waals surface area contributed by atoms with E-state index < -0.39 is 5.91 Å². The molecule has 4 aromatic rings. The summed E-state index contributed by atoms with van der Waals surface area (Å²) in [7, 11) is 0. The number of amides is 2. The van der Waals surface area contributed by atoms with Crippen LogP contribution in [0.15, 0.2) is 48.9 Å². The van der Waals surface area contributed by atoms with Gasteiger partial charge in [-0.15, -0.1) is 0 Å². The van der Waals surface area contributed by atoms with Crippen LogP contribution >= 0.6 is 0 Å². The number of hydrogen-bond acceptors (Lipinski definition) is 6. The van der Waals surface area contributed by atoms with Crippen molar-refractivity contribution in [2.45, 2.75) is 32.1 Å². The Bertz CT molecular complexity index is 1280. The summed E-state index contributed by atoms with van der Waals surface area (Å²) in [6.07, 6.45) is 11.0. The standard InChI is InChI=1S/C24H25N7O3/c32-21(30-23-25-11-12-26-23)17-6-3-7-18-20(17)29-24(28-18)31-22(33)19-9-8-16(14-27-19)34-13-10-15-4-1-2-5-15/h3,6-9,11-12,14-15H,1-2,4-5,10,13H2,(H2,25,26,30,32)(H2,28,29,31,33). The number of fused-ring (bicyclic) bond motifs is 1. The summed E-state index contributed by atoms with van der Waals surface area (Å²) in [4.78, 5) is 43.7. The number of rotatable bonds is 8. The van der Waals surface area contributed by atoms with Crippen molar-refractivity contribution in [2.24, 2.45) is 5.92 Å². The van der Waals surface area contributed by atoms with E-state index in [-0.39, 0.29) is 17.5 Å². The van der Waals surface area contributed by atoms with Crippen molar-refractivity contribution in [3.63, 3.8) is 0 Å². The number of nitrogens with one attached hydrogen (secondary N) is 4. The van der Waals surface area contributed by atoms with E-state index in [4.69, 9.17) is 4.74 Å².